The summed E-state index contributed by atoms with van der Waals surface area (Å²) in [5, 5.41) is 5.50. The van der Waals surface area contributed by atoms with Gasteiger partial charge in [0.15, 0.2) is 6.39 Å². The van der Waals surface area contributed by atoms with Crippen LogP contribution in [0, 0.1) is 12.8 Å². The Hall–Kier alpha value is -3.40. The molecule has 4 rings (SSSR count). The molecule has 158 valence electrons. The zero-order valence-electron chi connectivity index (χ0n) is 18.3. The van der Waals surface area contributed by atoms with Gasteiger partial charge >= 0.3 is 0 Å². The van der Waals surface area contributed by atoms with Gasteiger partial charge in [-0.1, -0.05) is 74.5 Å². The first kappa shape index (κ1) is 20.9. The van der Waals surface area contributed by atoms with E-state index in [0.717, 1.165) is 45.5 Å². The summed E-state index contributed by atoms with van der Waals surface area (Å²) >= 11 is 0. The maximum Gasteiger partial charge on any atom is 0.231 e. The second-order valence-electron chi connectivity index (χ2n) is 8.43. The SMILES string of the molecule is Cc1ncoc1Cc1ccccc1NC(=O)C(CC(C)C)c1cccc2ccccc12. The van der Waals surface area contributed by atoms with E-state index >= 15 is 0 Å². The predicted octanol–water partition coefficient (Wildman–Crippen LogP) is 6.50. The number of nitrogens with one attached hydrogen (secondary N) is 1. The van der Waals surface area contributed by atoms with Gasteiger partial charge in [0.1, 0.15) is 5.76 Å². The van der Waals surface area contributed by atoms with Gasteiger partial charge in [-0.05, 0) is 47.2 Å². The molecule has 0 spiro atoms. The predicted molar refractivity (Wildman–Crippen MR) is 125 cm³/mol. The summed E-state index contributed by atoms with van der Waals surface area (Å²) < 4.78 is 5.52. The lowest BCUT2D eigenvalue weighted by atomic mass is 9.86. The van der Waals surface area contributed by atoms with Crippen molar-refractivity contribution in [3.05, 3.63) is 95.7 Å². The smallest absolute Gasteiger partial charge is 0.231 e. The second kappa shape index (κ2) is 9.17. The van der Waals surface area contributed by atoms with E-state index in [0.29, 0.717) is 12.3 Å². The monoisotopic (exact) mass is 412 g/mol. The average Bonchev–Trinajstić information content (AvgIpc) is 3.17. The van der Waals surface area contributed by atoms with E-state index in [2.05, 4.69) is 48.4 Å². The normalized spacial score (nSPS) is 12.3. The fourth-order valence-electron chi connectivity index (χ4n) is 4.09. The van der Waals surface area contributed by atoms with E-state index in [4.69, 9.17) is 4.42 Å². The molecule has 1 amide bonds. The quantitative estimate of drug-likeness (QED) is 0.377. The average molecular weight is 413 g/mol. The van der Waals surface area contributed by atoms with Gasteiger partial charge in [0, 0.05) is 12.1 Å². The first-order chi connectivity index (χ1) is 15.0. The Balaban J connectivity index is 1.66. The number of aryl methyl sites for hydroxylation is 1. The number of hydrogen-bond acceptors (Lipinski definition) is 3. The van der Waals surface area contributed by atoms with Crippen molar-refractivity contribution in [2.75, 3.05) is 5.32 Å². The highest BCUT2D eigenvalue weighted by Gasteiger charge is 2.24. The van der Waals surface area contributed by atoms with Crippen molar-refractivity contribution in [2.45, 2.75) is 39.5 Å². The Morgan fingerprint density at radius 1 is 1.00 bits per heavy atom. The molecule has 0 aliphatic heterocycles. The van der Waals surface area contributed by atoms with Crippen LogP contribution in [0.3, 0.4) is 0 Å². The third-order valence-electron chi connectivity index (χ3n) is 5.69. The van der Waals surface area contributed by atoms with Crippen molar-refractivity contribution in [3.63, 3.8) is 0 Å². The van der Waals surface area contributed by atoms with Crippen molar-refractivity contribution in [2.24, 2.45) is 5.92 Å². The molecule has 4 aromatic rings. The Morgan fingerprint density at radius 3 is 2.52 bits per heavy atom. The zero-order chi connectivity index (χ0) is 21.8. The summed E-state index contributed by atoms with van der Waals surface area (Å²) in [6.45, 7) is 6.25. The lowest BCUT2D eigenvalue weighted by Crippen LogP contribution is -2.23. The number of fused-ring (bicyclic) bond motifs is 1. The van der Waals surface area contributed by atoms with Crippen LogP contribution < -0.4 is 5.32 Å². The van der Waals surface area contributed by atoms with Gasteiger partial charge in [0.2, 0.25) is 5.91 Å². The van der Waals surface area contributed by atoms with Crippen LogP contribution in [-0.4, -0.2) is 10.9 Å². The molecule has 1 N–H and O–H groups in total. The molecule has 0 aliphatic carbocycles. The van der Waals surface area contributed by atoms with E-state index in [1.54, 1.807) is 0 Å². The van der Waals surface area contributed by atoms with E-state index < -0.39 is 0 Å². The standard InChI is InChI=1S/C27H28N2O2/c1-18(2)15-24(23-13-8-11-20-9-4-6-12-22(20)23)27(30)29-25-14-7-5-10-21(25)16-26-19(3)28-17-31-26/h4-14,17-18,24H,15-16H2,1-3H3,(H,29,30). The third-order valence-corrected chi connectivity index (χ3v) is 5.69. The van der Waals surface area contributed by atoms with Crippen molar-refractivity contribution in [1.29, 1.82) is 0 Å². The van der Waals surface area contributed by atoms with Crippen LogP contribution >= 0.6 is 0 Å². The molecule has 1 heterocycles. The number of nitrogens with zero attached hydrogens (tertiary/aromatic N) is 1. The molecule has 1 atom stereocenters. The highest BCUT2D eigenvalue weighted by atomic mass is 16.3. The second-order valence-corrected chi connectivity index (χ2v) is 8.43. The molecule has 4 heteroatoms. The van der Waals surface area contributed by atoms with Gasteiger partial charge in [0.05, 0.1) is 11.6 Å². The minimum absolute atomic E-state index is 0.0202. The summed E-state index contributed by atoms with van der Waals surface area (Å²) in [5.74, 6) is 0.995. The number of oxazole rings is 1. The van der Waals surface area contributed by atoms with Crippen LogP contribution in [0.2, 0.25) is 0 Å². The Morgan fingerprint density at radius 2 is 1.74 bits per heavy atom. The minimum atomic E-state index is -0.230. The maximum atomic E-state index is 13.6. The fourth-order valence-corrected chi connectivity index (χ4v) is 4.09. The number of carbonyl (C=O) groups is 1. The van der Waals surface area contributed by atoms with E-state index in [1.165, 1.54) is 6.39 Å². The molecule has 0 fully saturated rings. The number of aromatic nitrogens is 1. The highest BCUT2D eigenvalue weighted by Crippen LogP contribution is 2.32. The summed E-state index contributed by atoms with van der Waals surface area (Å²) in [6, 6.07) is 22.4. The molecule has 3 aromatic carbocycles. The zero-order valence-corrected chi connectivity index (χ0v) is 18.3. The molecule has 4 nitrogen and oxygen atoms in total. The van der Waals surface area contributed by atoms with Gasteiger partial charge in [0.25, 0.3) is 0 Å². The number of anilines is 1. The maximum absolute atomic E-state index is 13.6. The number of para-hydroxylation sites is 1. The minimum Gasteiger partial charge on any atom is -0.448 e. The number of hydrogen-bond donors (Lipinski definition) is 1. The van der Waals surface area contributed by atoms with Crippen LogP contribution in [0.1, 0.15) is 48.8 Å². The molecule has 0 saturated heterocycles. The lowest BCUT2D eigenvalue weighted by Gasteiger charge is -2.22. The van der Waals surface area contributed by atoms with E-state index in [1.807, 2.05) is 49.4 Å². The Kier molecular flexibility index (Phi) is 6.17. The van der Waals surface area contributed by atoms with Crippen LogP contribution in [0.4, 0.5) is 5.69 Å². The van der Waals surface area contributed by atoms with Crippen molar-refractivity contribution < 1.29 is 9.21 Å². The number of benzene rings is 3. The molecular weight excluding hydrogens is 384 g/mol. The molecule has 31 heavy (non-hydrogen) atoms. The van der Waals surface area contributed by atoms with Crippen molar-refractivity contribution in [1.82, 2.24) is 4.98 Å². The lowest BCUT2D eigenvalue weighted by molar-refractivity contribution is -0.117. The topological polar surface area (TPSA) is 55.1 Å². The molecule has 1 unspecified atom stereocenters. The Labute approximate surface area is 183 Å². The van der Waals surface area contributed by atoms with Crippen LogP contribution in [0.5, 0.6) is 0 Å². The van der Waals surface area contributed by atoms with E-state index in [-0.39, 0.29) is 11.8 Å². The molecule has 0 radical (unpaired) electrons. The first-order valence-electron chi connectivity index (χ1n) is 10.8. The Bertz CT molecular complexity index is 1190. The van der Waals surface area contributed by atoms with Crippen LogP contribution in [-0.2, 0) is 11.2 Å². The summed E-state index contributed by atoms with van der Waals surface area (Å²) in [6.07, 6.45) is 2.83. The molecule has 1 aromatic heterocycles. The van der Waals surface area contributed by atoms with Gasteiger partial charge in [-0.25, -0.2) is 4.98 Å². The van der Waals surface area contributed by atoms with Gasteiger partial charge < -0.3 is 9.73 Å². The molecule has 0 aliphatic rings. The molecule has 0 bridgehead atoms. The van der Waals surface area contributed by atoms with Crippen LogP contribution in [0.15, 0.2) is 77.5 Å². The molecule has 0 saturated carbocycles. The fraction of sp³-hybridized carbons (Fsp3) is 0.259. The first-order valence-corrected chi connectivity index (χ1v) is 10.8. The highest BCUT2D eigenvalue weighted by molar-refractivity contribution is 6.00. The third kappa shape index (κ3) is 4.69. The number of amides is 1. The van der Waals surface area contributed by atoms with Gasteiger partial charge in [-0.15, -0.1) is 0 Å². The summed E-state index contributed by atoms with van der Waals surface area (Å²) in [4.78, 5) is 17.7. The summed E-state index contributed by atoms with van der Waals surface area (Å²) in [5.41, 5.74) is 3.77. The van der Waals surface area contributed by atoms with Gasteiger partial charge in [-0.2, -0.15) is 0 Å². The molecular formula is C27H28N2O2. The largest absolute Gasteiger partial charge is 0.448 e. The van der Waals surface area contributed by atoms with Crippen molar-refractivity contribution >= 4 is 22.4 Å². The van der Waals surface area contributed by atoms with Crippen molar-refractivity contribution in [3.8, 4) is 0 Å². The van der Waals surface area contributed by atoms with Crippen LogP contribution in [0.25, 0.3) is 10.8 Å². The van der Waals surface area contributed by atoms with E-state index in [9.17, 15) is 4.79 Å². The number of rotatable bonds is 7. The summed E-state index contributed by atoms with van der Waals surface area (Å²) in [7, 11) is 0. The number of carbonyl (C=O) groups excluding carboxylic acids is 1. The van der Waals surface area contributed by atoms with Gasteiger partial charge in [-0.3, -0.25) is 4.79 Å².